The number of aryl methyl sites for hydroxylation is 1. The van der Waals surface area contributed by atoms with Crippen LogP contribution >= 0.6 is 15.9 Å². The maximum absolute atomic E-state index is 12.1. The number of carbonyl (C=O) groups excluding carboxylic acids is 1. The molecule has 0 aliphatic rings. The number of nitrogens with zero attached hydrogens (tertiary/aromatic N) is 2. The molecule has 0 saturated carbocycles. The van der Waals surface area contributed by atoms with Crippen molar-refractivity contribution in [1.82, 2.24) is 15.3 Å². The molecule has 1 aromatic heterocycles. The van der Waals surface area contributed by atoms with E-state index in [1.54, 1.807) is 12.3 Å². The Labute approximate surface area is 138 Å². The van der Waals surface area contributed by atoms with Gasteiger partial charge in [0.25, 0.3) is 5.91 Å². The van der Waals surface area contributed by atoms with Gasteiger partial charge in [-0.1, -0.05) is 15.9 Å². The van der Waals surface area contributed by atoms with Crippen molar-refractivity contribution in [2.24, 2.45) is 0 Å². The molecule has 0 aliphatic heterocycles. The summed E-state index contributed by atoms with van der Waals surface area (Å²) in [6, 6.07) is 7.45. The lowest BCUT2D eigenvalue weighted by Gasteiger charge is -2.20. The zero-order valence-corrected chi connectivity index (χ0v) is 14.7. The first-order chi connectivity index (χ1) is 10.2. The second-order valence-corrected chi connectivity index (χ2v) is 6.91. The van der Waals surface area contributed by atoms with Crippen LogP contribution in [0.5, 0.6) is 0 Å². The molecule has 0 spiro atoms. The van der Waals surface area contributed by atoms with Crippen molar-refractivity contribution in [3.05, 3.63) is 46.2 Å². The summed E-state index contributed by atoms with van der Waals surface area (Å²) < 4.78 is 1.04. The molecular weight excluding hydrogens is 344 g/mol. The highest BCUT2D eigenvalue weighted by Gasteiger charge is 2.16. The molecular formula is C16H19BrN4O. The third-order valence-corrected chi connectivity index (χ3v) is 3.68. The van der Waals surface area contributed by atoms with Crippen LogP contribution in [0.2, 0.25) is 0 Å². The van der Waals surface area contributed by atoms with E-state index in [1.165, 1.54) is 0 Å². The third-order valence-electron chi connectivity index (χ3n) is 2.79. The topological polar surface area (TPSA) is 66.9 Å². The zero-order valence-electron chi connectivity index (χ0n) is 13.1. The Hall–Kier alpha value is -1.95. The molecule has 2 N–H and O–H groups in total. The fraction of sp³-hybridized carbons (Fsp3) is 0.312. The van der Waals surface area contributed by atoms with Crippen molar-refractivity contribution in [3.8, 4) is 0 Å². The van der Waals surface area contributed by atoms with E-state index in [9.17, 15) is 4.79 Å². The Morgan fingerprint density at radius 1 is 1.23 bits per heavy atom. The lowest BCUT2D eigenvalue weighted by molar-refractivity contribution is 0.0914. The number of rotatable bonds is 3. The molecule has 0 bridgehead atoms. The lowest BCUT2D eigenvalue weighted by atomic mass is 10.1. The molecule has 0 fully saturated rings. The van der Waals surface area contributed by atoms with E-state index in [4.69, 9.17) is 0 Å². The minimum absolute atomic E-state index is 0.218. The molecule has 2 rings (SSSR count). The van der Waals surface area contributed by atoms with Gasteiger partial charge in [-0.3, -0.25) is 4.79 Å². The van der Waals surface area contributed by atoms with Gasteiger partial charge in [0.2, 0.25) is 5.95 Å². The van der Waals surface area contributed by atoms with Gasteiger partial charge in [0.1, 0.15) is 5.69 Å². The zero-order chi connectivity index (χ0) is 16.3. The Kier molecular flexibility index (Phi) is 4.81. The fourth-order valence-corrected chi connectivity index (χ4v) is 2.05. The predicted molar refractivity (Wildman–Crippen MR) is 91.4 cm³/mol. The first-order valence-electron chi connectivity index (χ1n) is 6.93. The van der Waals surface area contributed by atoms with E-state index in [-0.39, 0.29) is 11.4 Å². The van der Waals surface area contributed by atoms with Gasteiger partial charge in [-0.15, -0.1) is 0 Å². The van der Waals surface area contributed by atoms with Crippen LogP contribution in [0.1, 0.15) is 36.8 Å². The van der Waals surface area contributed by atoms with Gasteiger partial charge in [0, 0.05) is 21.9 Å². The number of halogens is 1. The number of nitrogens with one attached hydrogen (secondary N) is 2. The van der Waals surface area contributed by atoms with Crippen LogP contribution in [0.4, 0.5) is 11.6 Å². The van der Waals surface area contributed by atoms with Gasteiger partial charge < -0.3 is 10.6 Å². The van der Waals surface area contributed by atoms with Crippen LogP contribution < -0.4 is 10.6 Å². The van der Waals surface area contributed by atoms with E-state index >= 15 is 0 Å². The maximum atomic E-state index is 12.1. The normalized spacial score (nSPS) is 11.1. The van der Waals surface area contributed by atoms with Crippen LogP contribution in [-0.4, -0.2) is 21.4 Å². The first kappa shape index (κ1) is 16.4. The number of hydrogen-bond donors (Lipinski definition) is 2. The molecule has 2 aromatic rings. The van der Waals surface area contributed by atoms with Crippen molar-refractivity contribution in [3.63, 3.8) is 0 Å². The highest BCUT2D eigenvalue weighted by atomic mass is 79.9. The number of carbonyl (C=O) groups is 1. The molecule has 116 valence electrons. The van der Waals surface area contributed by atoms with Crippen molar-refractivity contribution in [2.75, 3.05) is 5.32 Å². The fourth-order valence-electron chi connectivity index (χ4n) is 1.80. The number of anilines is 2. The molecule has 0 unspecified atom stereocenters. The smallest absolute Gasteiger partial charge is 0.270 e. The average molecular weight is 363 g/mol. The molecule has 5 nitrogen and oxygen atoms in total. The van der Waals surface area contributed by atoms with Gasteiger partial charge in [-0.05, 0) is 57.5 Å². The van der Waals surface area contributed by atoms with Gasteiger partial charge in [-0.25, -0.2) is 9.97 Å². The highest BCUT2D eigenvalue weighted by molar-refractivity contribution is 9.10. The SMILES string of the molecule is Cc1cc(Nc2nccc(C(=O)NC(C)(C)C)n2)ccc1Br. The monoisotopic (exact) mass is 362 g/mol. The summed E-state index contributed by atoms with van der Waals surface area (Å²) in [5.74, 6) is 0.174. The van der Waals surface area contributed by atoms with Crippen molar-refractivity contribution in [2.45, 2.75) is 33.2 Å². The largest absolute Gasteiger partial charge is 0.346 e. The third kappa shape index (κ3) is 4.53. The molecule has 0 saturated heterocycles. The van der Waals surface area contributed by atoms with Crippen molar-refractivity contribution < 1.29 is 4.79 Å². The number of amides is 1. The molecule has 22 heavy (non-hydrogen) atoms. The highest BCUT2D eigenvalue weighted by Crippen LogP contribution is 2.21. The molecule has 1 aromatic carbocycles. The van der Waals surface area contributed by atoms with E-state index < -0.39 is 0 Å². The second-order valence-electron chi connectivity index (χ2n) is 6.06. The van der Waals surface area contributed by atoms with Gasteiger partial charge in [0.15, 0.2) is 0 Å². The van der Waals surface area contributed by atoms with Crippen molar-refractivity contribution >= 4 is 33.5 Å². The summed E-state index contributed by atoms with van der Waals surface area (Å²) in [5.41, 5.74) is 2.00. The molecule has 0 atom stereocenters. The molecule has 0 radical (unpaired) electrons. The minimum atomic E-state index is -0.307. The summed E-state index contributed by atoms with van der Waals surface area (Å²) in [5, 5.41) is 5.99. The van der Waals surface area contributed by atoms with Crippen LogP contribution in [0.25, 0.3) is 0 Å². The van der Waals surface area contributed by atoms with E-state index in [2.05, 4.69) is 36.5 Å². The van der Waals surface area contributed by atoms with Gasteiger partial charge in [-0.2, -0.15) is 0 Å². The lowest BCUT2D eigenvalue weighted by Crippen LogP contribution is -2.41. The maximum Gasteiger partial charge on any atom is 0.270 e. The summed E-state index contributed by atoms with van der Waals surface area (Å²) in [7, 11) is 0. The quantitative estimate of drug-likeness (QED) is 0.870. The van der Waals surface area contributed by atoms with Crippen LogP contribution in [-0.2, 0) is 0 Å². The van der Waals surface area contributed by atoms with Crippen LogP contribution in [0.3, 0.4) is 0 Å². The Bertz CT molecular complexity index is 695. The Morgan fingerprint density at radius 3 is 2.59 bits per heavy atom. The second kappa shape index (κ2) is 6.44. The van der Waals surface area contributed by atoms with E-state index in [1.807, 2.05) is 45.9 Å². The number of aromatic nitrogens is 2. The molecule has 0 aliphatic carbocycles. The number of benzene rings is 1. The summed E-state index contributed by atoms with van der Waals surface area (Å²) >= 11 is 3.46. The van der Waals surface area contributed by atoms with Crippen LogP contribution in [0, 0.1) is 6.92 Å². The number of hydrogen-bond acceptors (Lipinski definition) is 4. The Morgan fingerprint density at radius 2 is 1.95 bits per heavy atom. The van der Waals surface area contributed by atoms with Crippen LogP contribution in [0.15, 0.2) is 34.9 Å². The summed E-state index contributed by atoms with van der Waals surface area (Å²) in [6.45, 7) is 7.78. The molecule has 1 amide bonds. The summed E-state index contributed by atoms with van der Waals surface area (Å²) in [4.78, 5) is 20.5. The average Bonchev–Trinajstić information content (AvgIpc) is 2.41. The minimum Gasteiger partial charge on any atom is -0.346 e. The van der Waals surface area contributed by atoms with Crippen molar-refractivity contribution in [1.29, 1.82) is 0 Å². The van der Waals surface area contributed by atoms with E-state index in [0.29, 0.717) is 11.6 Å². The first-order valence-corrected chi connectivity index (χ1v) is 7.73. The molecule has 6 heteroatoms. The van der Waals surface area contributed by atoms with Gasteiger partial charge in [0.05, 0.1) is 0 Å². The van der Waals surface area contributed by atoms with Gasteiger partial charge >= 0.3 is 0 Å². The van der Waals surface area contributed by atoms with E-state index in [0.717, 1.165) is 15.7 Å². The predicted octanol–water partition coefficient (Wildman–Crippen LogP) is 3.82. The standard InChI is InChI=1S/C16H19BrN4O/c1-10-9-11(5-6-12(10)17)19-15-18-8-7-13(20-15)14(22)21-16(2,3)4/h5-9H,1-4H3,(H,21,22)(H,18,19,20). The molecule has 1 heterocycles. The Balaban J connectivity index is 2.17. The summed E-state index contributed by atoms with van der Waals surface area (Å²) in [6.07, 6.45) is 1.57.